The number of halogens is 2. The Bertz CT molecular complexity index is 890. The van der Waals surface area contributed by atoms with Crippen molar-refractivity contribution in [3.8, 4) is 0 Å². The normalized spacial score (nSPS) is 19.8. The first-order valence-electron chi connectivity index (χ1n) is 10.2. The van der Waals surface area contributed by atoms with E-state index in [1.165, 1.54) is 36.4 Å². The molecule has 0 radical (unpaired) electrons. The molecule has 9 heteroatoms. The molecule has 7 nitrogen and oxygen atoms in total. The fourth-order valence-corrected chi connectivity index (χ4v) is 3.16. The summed E-state index contributed by atoms with van der Waals surface area (Å²) in [4.78, 5) is 16.7. The third-order valence-corrected chi connectivity index (χ3v) is 4.75. The molecule has 1 aliphatic rings. The van der Waals surface area contributed by atoms with Crippen molar-refractivity contribution in [1.29, 1.82) is 0 Å². The quantitative estimate of drug-likeness (QED) is 0.398. The molecule has 1 saturated heterocycles. The second kappa shape index (κ2) is 10.9. The van der Waals surface area contributed by atoms with Crippen LogP contribution in [0.25, 0.3) is 0 Å². The third-order valence-electron chi connectivity index (χ3n) is 4.75. The number of benzene rings is 2. The average molecular weight is 431 g/mol. The SMILES string of the molecule is CCOC[C@H](C)N/C(=N/C(=O)c1ccc(F)cc1)NC1CC(c2ccc(F)cc2)NN1. The van der Waals surface area contributed by atoms with Crippen LogP contribution in [-0.2, 0) is 4.74 Å². The molecule has 2 aromatic rings. The van der Waals surface area contributed by atoms with E-state index < -0.39 is 11.7 Å². The molecular formula is C22H27F2N5O2. The lowest BCUT2D eigenvalue weighted by Crippen LogP contribution is -2.52. The zero-order valence-corrected chi connectivity index (χ0v) is 17.5. The molecule has 31 heavy (non-hydrogen) atoms. The van der Waals surface area contributed by atoms with Crippen LogP contribution in [0.1, 0.15) is 42.2 Å². The minimum absolute atomic E-state index is 0.0343. The van der Waals surface area contributed by atoms with Crippen LogP contribution in [-0.4, -0.2) is 37.3 Å². The summed E-state index contributed by atoms with van der Waals surface area (Å²) in [6.45, 7) is 4.84. The van der Waals surface area contributed by atoms with Crippen molar-refractivity contribution in [1.82, 2.24) is 21.5 Å². The molecule has 0 saturated carbocycles. The summed E-state index contributed by atoms with van der Waals surface area (Å²) in [6, 6.07) is 11.4. The second-order valence-electron chi connectivity index (χ2n) is 7.30. The van der Waals surface area contributed by atoms with Crippen molar-refractivity contribution in [2.75, 3.05) is 13.2 Å². The van der Waals surface area contributed by atoms with E-state index in [0.717, 1.165) is 5.56 Å². The van der Waals surface area contributed by atoms with E-state index in [-0.39, 0.29) is 35.6 Å². The molecule has 0 aliphatic carbocycles. The summed E-state index contributed by atoms with van der Waals surface area (Å²) < 4.78 is 31.8. The molecule has 1 heterocycles. The molecule has 0 spiro atoms. The van der Waals surface area contributed by atoms with Gasteiger partial charge >= 0.3 is 0 Å². The Labute approximate surface area is 180 Å². The minimum atomic E-state index is -0.500. The number of rotatable bonds is 7. The Morgan fingerprint density at radius 2 is 1.77 bits per heavy atom. The number of amides is 1. The lowest BCUT2D eigenvalue weighted by Gasteiger charge is -2.21. The Hall–Kier alpha value is -2.88. The number of hydrogen-bond donors (Lipinski definition) is 4. The average Bonchev–Trinajstić information content (AvgIpc) is 3.21. The van der Waals surface area contributed by atoms with Crippen LogP contribution >= 0.6 is 0 Å². The number of aliphatic imine (C=N–C) groups is 1. The van der Waals surface area contributed by atoms with E-state index in [1.54, 1.807) is 12.1 Å². The maximum atomic E-state index is 13.2. The summed E-state index contributed by atoms with van der Waals surface area (Å²) >= 11 is 0. The predicted octanol–water partition coefficient (Wildman–Crippen LogP) is 2.63. The van der Waals surface area contributed by atoms with Crippen molar-refractivity contribution in [2.45, 2.75) is 38.5 Å². The summed E-state index contributed by atoms with van der Waals surface area (Å²) in [5, 5.41) is 6.34. The van der Waals surface area contributed by atoms with Crippen molar-refractivity contribution in [3.05, 3.63) is 71.3 Å². The summed E-state index contributed by atoms with van der Waals surface area (Å²) in [5.74, 6) is -0.929. The van der Waals surface area contributed by atoms with Crippen LogP contribution in [0.2, 0.25) is 0 Å². The highest BCUT2D eigenvalue weighted by atomic mass is 19.1. The van der Waals surface area contributed by atoms with Gasteiger partial charge in [-0.15, -0.1) is 0 Å². The monoisotopic (exact) mass is 431 g/mol. The number of nitrogens with one attached hydrogen (secondary N) is 4. The zero-order chi connectivity index (χ0) is 22.2. The van der Waals surface area contributed by atoms with Gasteiger partial charge in [-0.1, -0.05) is 12.1 Å². The van der Waals surface area contributed by atoms with E-state index >= 15 is 0 Å². The number of nitrogens with zero attached hydrogens (tertiary/aromatic N) is 1. The Kier molecular flexibility index (Phi) is 8.05. The standard InChI is InChI=1S/C22H27F2N5O2/c1-3-31-13-14(2)25-22(27-21(30)16-6-10-18(24)11-7-16)26-20-12-19(28-29-20)15-4-8-17(23)9-5-15/h4-11,14,19-20,28-29H,3,12-13H2,1-2H3,(H2,25,26,27,30)/t14-,19?,20?/m0/s1. The molecule has 1 amide bonds. The second-order valence-corrected chi connectivity index (χ2v) is 7.30. The van der Waals surface area contributed by atoms with Crippen molar-refractivity contribution in [3.63, 3.8) is 0 Å². The highest BCUT2D eigenvalue weighted by molar-refractivity contribution is 6.02. The first-order chi connectivity index (χ1) is 14.9. The largest absolute Gasteiger partial charge is 0.380 e. The van der Waals surface area contributed by atoms with Gasteiger partial charge < -0.3 is 15.4 Å². The topological polar surface area (TPSA) is 86.8 Å². The van der Waals surface area contributed by atoms with E-state index in [2.05, 4.69) is 26.5 Å². The molecule has 0 aromatic heterocycles. The van der Waals surface area contributed by atoms with E-state index in [9.17, 15) is 13.6 Å². The van der Waals surface area contributed by atoms with Crippen molar-refractivity contribution in [2.24, 2.45) is 4.99 Å². The zero-order valence-electron chi connectivity index (χ0n) is 17.5. The molecule has 2 unspecified atom stereocenters. The van der Waals surface area contributed by atoms with Crippen LogP contribution in [0.5, 0.6) is 0 Å². The van der Waals surface area contributed by atoms with E-state index in [1.807, 2.05) is 13.8 Å². The van der Waals surface area contributed by atoms with Crippen molar-refractivity contribution < 1.29 is 18.3 Å². The number of hydrazine groups is 1. The number of guanidine groups is 1. The van der Waals surface area contributed by atoms with Gasteiger partial charge in [-0.2, -0.15) is 4.99 Å². The number of hydrogen-bond acceptors (Lipinski definition) is 4. The summed E-state index contributed by atoms with van der Waals surface area (Å²) in [7, 11) is 0. The van der Waals surface area contributed by atoms with Gasteiger partial charge in [-0.3, -0.25) is 4.79 Å². The van der Waals surface area contributed by atoms with Crippen LogP contribution in [0, 0.1) is 11.6 Å². The first kappa shape index (κ1) is 22.8. The molecule has 3 rings (SSSR count). The highest BCUT2D eigenvalue weighted by Gasteiger charge is 2.26. The fraction of sp³-hybridized carbons (Fsp3) is 0.364. The van der Waals surface area contributed by atoms with Crippen molar-refractivity contribution >= 4 is 11.9 Å². The molecule has 166 valence electrons. The van der Waals surface area contributed by atoms with Crippen LogP contribution in [0.15, 0.2) is 53.5 Å². The fourth-order valence-electron chi connectivity index (χ4n) is 3.16. The van der Waals surface area contributed by atoms with E-state index in [4.69, 9.17) is 4.74 Å². The van der Waals surface area contributed by atoms with Gasteiger partial charge in [0.1, 0.15) is 11.6 Å². The number of ether oxygens (including phenoxy) is 1. The highest BCUT2D eigenvalue weighted by Crippen LogP contribution is 2.21. The van der Waals surface area contributed by atoms with Gasteiger partial charge in [0.15, 0.2) is 0 Å². The minimum Gasteiger partial charge on any atom is -0.380 e. The Morgan fingerprint density at radius 3 is 2.42 bits per heavy atom. The van der Waals surface area contributed by atoms with Gasteiger partial charge in [0.05, 0.1) is 12.8 Å². The Morgan fingerprint density at radius 1 is 1.13 bits per heavy atom. The van der Waals surface area contributed by atoms with E-state index in [0.29, 0.717) is 19.6 Å². The molecule has 4 N–H and O–H groups in total. The number of carbonyl (C=O) groups is 1. The lowest BCUT2D eigenvalue weighted by atomic mass is 10.0. The summed E-state index contributed by atoms with van der Waals surface area (Å²) in [6.07, 6.45) is 0.401. The van der Waals surface area contributed by atoms with Crippen LogP contribution in [0.3, 0.4) is 0 Å². The molecular weight excluding hydrogens is 404 g/mol. The lowest BCUT2D eigenvalue weighted by molar-refractivity contribution is 0.100. The van der Waals surface area contributed by atoms with Gasteiger partial charge in [0.2, 0.25) is 5.96 Å². The maximum Gasteiger partial charge on any atom is 0.280 e. The molecule has 3 atom stereocenters. The molecule has 0 bridgehead atoms. The van der Waals surface area contributed by atoms with Crippen LogP contribution in [0.4, 0.5) is 8.78 Å². The molecule has 1 fully saturated rings. The van der Waals surface area contributed by atoms with Crippen LogP contribution < -0.4 is 21.5 Å². The molecule has 2 aromatic carbocycles. The third kappa shape index (κ3) is 6.81. The molecule has 1 aliphatic heterocycles. The first-order valence-corrected chi connectivity index (χ1v) is 10.2. The van der Waals surface area contributed by atoms with Gasteiger partial charge in [0, 0.05) is 30.7 Å². The Balaban J connectivity index is 1.69. The predicted molar refractivity (Wildman–Crippen MR) is 114 cm³/mol. The van der Waals surface area contributed by atoms with Gasteiger partial charge in [-0.05, 0) is 55.8 Å². The van der Waals surface area contributed by atoms with Gasteiger partial charge in [0.25, 0.3) is 5.91 Å². The maximum absolute atomic E-state index is 13.2. The van der Waals surface area contributed by atoms with Gasteiger partial charge in [-0.25, -0.2) is 19.6 Å². The summed E-state index contributed by atoms with van der Waals surface area (Å²) in [5.41, 5.74) is 7.50. The smallest absolute Gasteiger partial charge is 0.280 e. The number of carbonyl (C=O) groups excluding carboxylic acids is 1.